The molecule has 1 fully saturated rings. The smallest absolute Gasteiger partial charge is 0.341 e. The number of aliphatic carboxylic acids is 1. The van der Waals surface area contributed by atoms with Gasteiger partial charge >= 0.3 is 5.97 Å². The monoisotopic (exact) mass is 411 g/mol. The lowest BCUT2D eigenvalue weighted by Crippen LogP contribution is -2.27. The van der Waals surface area contributed by atoms with E-state index in [-0.39, 0.29) is 11.1 Å². The Labute approximate surface area is 173 Å². The minimum Gasteiger partial charge on any atom is -0.482 e. The third kappa shape index (κ3) is 5.26. The number of imide groups is 1. The first-order valence-electron chi connectivity index (χ1n) is 9.29. The Balaban J connectivity index is 1.76. The lowest BCUT2D eigenvalue weighted by molar-refractivity contribution is -0.139. The van der Waals surface area contributed by atoms with E-state index in [9.17, 15) is 14.4 Å². The van der Waals surface area contributed by atoms with Gasteiger partial charge in [-0.05, 0) is 66.1 Å². The number of carboxylic acids is 1. The molecule has 1 saturated heterocycles. The predicted octanol–water partition coefficient (Wildman–Crippen LogP) is 4.73. The summed E-state index contributed by atoms with van der Waals surface area (Å²) >= 11 is 0.877. The summed E-state index contributed by atoms with van der Waals surface area (Å²) in [7, 11) is 0. The average Bonchev–Trinajstić information content (AvgIpc) is 2.98. The predicted molar refractivity (Wildman–Crippen MR) is 113 cm³/mol. The minimum absolute atomic E-state index is 0.306. The molecule has 2 aromatic carbocycles. The van der Waals surface area contributed by atoms with Gasteiger partial charge in [-0.2, -0.15) is 0 Å². The molecule has 7 heteroatoms. The SMILES string of the molecule is CCCCc1ccc(N2C(=O)S/C(=C/c3cccc(OCC(=O)O)c3)C2=O)cc1. The zero-order valence-corrected chi connectivity index (χ0v) is 16.8. The van der Waals surface area contributed by atoms with Gasteiger partial charge in [-0.3, -0.25) is 9.59 Å². The van der Waals surface area contributed by atoms with Gasteiger partial charge in [0.1, 0.15) is 5.75 Å². The number of unbranched alkanes of at least 4 members (excludes halogenated alkanes) is 1. The van der Waals surface area contributed by atoms with Crippen molar-refractivity contribution in [2.24, 2.45) is 0 Å². The van der Waals surface area contributed by atoms with Crippen LogP contribution in [-0.4, -0.2) is 28.8 Å². The average molecular weight is 411 g/mol. The summed E-state index contributed by atoms with van der Waals surface area (Å²) in [6.45, 7) is 1.68. The number of anilines is 1. The van der Waals surface area contributed by atoms with Crippen molar-refractivity contribution in [2.45, 2.75) is 26.2 Å². The van der Waals surface area contributed by atoms with Crippen molar-refractivity contribution < 1.29 is 24.2 Å². The fourth-order valence-corrected chi connectivity index (χ4v) is 3.71. The van der Waals surface area contributed by atoms with Crippen LogP contribution in [0.15, 0.2) is 53.4 Å². The lowest BCUT2D eigenvalue weighted by Gasteiger charge is -2.13. The summed E-state index contributed by atoms with van der Waals surface area (Å²) < 4.78 is 5.15. The molecule has 0 aromatic heterocycles. The number of carbonyl (C=O) groups excluding carboxylic acids is 2. The van der Waals surface area contributed by atoms with E-state index < -0.39 is 12.6 Å². The molecular formula is C22H21NO5S. The van der Waals surface area contributed by atoms with Crippen LogP contribution in [0.2, 0.25) is 0 Å². The maximum absolute atomic E-state index is 12.8. The van der Waals surface area contributed by atoms with Crippen LogP contribution < -0.4 is 9.64 Å². The number of aryl methyl sites for hydroxylation is 1. The van der Waals surface area contributed by atoms with E-state index in [1.165, 1.54) is 10.5 Å². The molecule has 0 bridgehead atoms. The Kier molecular flexibility index (Phi) is 6.72. The second kappa shape index (κ2) is 9.43. The van der Waals surface area contributed by atoms with Crippen LogP contribution in [0, 0.1) is 0 Å². The van der Waals surface area contributed by atoms with E-state index in [1.807, 2.05) is 12.1 Å². The molecule has 0 aliphatic carbocycles. The van der Waals surface area contributed by atoms with Crippen LogP contribution in [0.5, 0.6) is 5.75 Å². The molecule has 1 N–H and O–H groups in total. The molecule has 1 aliphatic heterocycles. The summed E-state index contributed by atoms with van der Waals surface area (Å²) in [4.78, 5) is 37.3. The highest BCUT2D eigenvalue weighted by molar-refractivity contribution is 8.19. The van der Waals surface area contributed by atoms with Crippen LogP contribution in [-0.2, 0) is 16.0 Å². The van der Waals surface area contributed by atoms with Crippen LogP contribution in [0.4, 0.5) is 10.5 Å². The highest BCUT2D eigenvalue weighted by atomic mass is 32.2. The normalized spacial score (nSPS) is 15.2. The largest absolute Gasteiger partial charge is 0.482 e. The molecule has 1 heterocycles. The van der Waals surface area contributed by atoms with Crippen molar-refractivity contribution in [1.82, 2.24) is 0 Å². The van der Waals surface area contributed by atoms with Crippen molar-refractivity contribution in [3.05, 3.63) is 64.6 Å². The number of hydrogen-bond acceptors (Lipinski definition) is 5. The van der Waals surface area contributed by atoms with Gasteiger partial charge in [-0.15, -0.1) is 0 Å². The minimum atomic E-state index is -1.07. The van der Waals surface area contributed by atoms with Gasteiger partial charge in [-0.25, -0.2) is 9.69 Å². The molecule has 0 spiro atoms. The first kappa shape index (κ1) is 20.7. The zero-order valence-electron chi connectivity index (χ0n) is 16.0. The summed E-state index contributed by atoms with van der Waals surface area (Å²) in [5, 5.41) is 8.36. The number of benzene rings is 2. The van der Waals surface area contributed by atoms with Crippen molar-refractivity contribution in [3.8, 4) is 5.75 Å². The van der Waals surface area contributed by atoms with Gasteiger partial charge < -0.3 is 9.84 Å². The second-order valence-electron chi connectivity index (χ2n) is 6.54. The van der Waals surface area contributed by atoms with Crippen LogP contribution in [0.3, 0.4) is 0 Å². The van der Waals surface area contributed by atoms with Crippen LogP contribution in [0.25, 0.3) is 6.08 Å². The molecule has 29 heavy (non-hydrogen) atoms. The van der Waals surface area contributed by atoms with Crippen LogP contribution >= 0.6 is 11.8 Å². The van der Waals surface area contributed by atoms with Gasteiger partial charge in [0.05, 0.1) is 10.6 Å². The molecule has 0 radical (unpaired) electrons. The van der Waals surface area contributed by atoms with Crippen molar-refractivity contribution in [3.63, 3.8) is 0 Å². The summed E-state index contributed by atoms with van der Waals surface area (Å²) in [6.07, 6.45) is 4.78. The van der Waals surface area contributed by atoms with Gasteiger partial charge in [0.2, 0.25) is 0 Å². The Hall–Kier alpha value is -3.06. The number of hydrogen-bond donors (Lipinski definition) is 1. The topological polar surface area (TPSA) is 83.9 Å². The van der Waals surface area contributed by atoms with E-state index in [1.54, 1.807) is 42.5 Å². The lowest BCUT2D eigenvalue weighted by atomic mass is 10.1. The van der Waals surface area contributed by atoms with Gasteiger partial charge in [-0.1, -0.05) is 37.6 Å². The number of rotatable bonds is 8. The zero-order chi connectivity index (χ0) is 20.8. The highest BCUT2D eigenvalue weighted by Gasteiger charge is 2.36. The van der Waals surface area contributed by atoms with E-state index in [0.29, 0.717) is 21.9 Å². The number of ether oxygens (including phenoxy) is 1. The third-order valence-corrected chi connectivity index (χ3v) is 5.20. The summed E-state index contributed by atoms with van der Waals surface area (Å²) in [6, 6.07) is 14.2. The first-order chi connectivity index (χ1) is 14.0. The fourth-order valence-electron chi connectivity index (χ4n) is 2.87. The number of carbonyl (C=O) groups is 3. The molecule has 2 aromatic rings. The van der Waals surface area contributed by atoms with Crippen molar-refractivity contribution in [2.75, 3.05) is 11.5 Å². The quantitative estimate of drug-likeness (QED) is 0.632. The maximum atomic E-state index is 12.8. The van der Waals surface area contributed by atoms with E-state index in [2.05, 4.69) is 6.92 Å². The first-order valence-corrected chi connectivity index (χ1v) is 10.1. The van der Waals surface area contributed by atoms with Crippen molar-refractivity contribution in [1.29, 1.82) is 0 Å². The summed E-state index contributed by atoms with van der Waals surface area (Å²) in [5.74, 6) is -1.07. The molecular weight excluding hydrogens is 390 g/mol. The molecule has 6 nitrogen and oxygen atoms in total. The number of amides is 2. The Morgan fingerprint density at radius 1 is 1.17 bits per heavy atom. The molecule has 2 amide bonds. The van der Waals surface area contributed by atoms with Gasteiger partial charge in [0, 0.05) is 0 Å². The van der Waals surface area contributed by atoms with E-state index in [4.69, 9.17) is 9.84 Å². The van der Waals surface area contributed by atoms with E-state index in [0.717, 1.165) is 31.0 Å². The molecule has 0 saturated carbocycles. The molecule has 3 rings (SSSR count). The molecule has 1 aliphatic rings. The molecule has 0 atom stereocenters. The van der Waals surface area contributed by atoms with E-state index >= 15 is 0 Å². The van der Waals surface area contributed by atoms with Gasteiger partial charge in [0.25, 0.3) is 11.1 Å². The summed E-state index contributed by atoms with van der Waals surface area (Å²) in [5.41, 5.74) is 2.37. The molecule has 0 unspecified atom stereocenters. The number of thioether (sulfide) groups is 1. The Bertz CT molecular complexity index is 952. The Morgan fingerprint density at radius 2 is 1.93 bits per heavy atom. The number of carboxylic acid groups (broad SMARTS) is 1. The third-order valence-electron chi connectivity index (χ3n) is 4.33. The highest BCUT2D eigenvalue weighted by Crippen LogP contribution is 2.36. The fraction of sp³-hybridized carbons (Fsp3) is 0.227. The van der Waals surface area contributed by atoms with Crippen LogP contribution in [0.1, 0.15) is 30.9 Å². The second-order valence-corrected chi connectivity index (χ2v) is 7.54. The number of nitrogens with zero attached hydrogens (tertiary/aromatic N) is 1. The van der Waals surface area contributed by atoms with Gasteiger partial charge in [0.15, 0.2) is 6.61 Å². The molecule has 150 valence electrons. The Morgan fingerprint density at radius 3 is 2.62 bits per heavy atom. The maximum Gasteiger partial charge on any atom is 0.341 e. The van der Waals surface area contributed by atoms with Crippen molar-refractivity contribution >= 4 is 40.6 Å². The standard InChI is InChI=1S/C22H21NO5S/c1-2-3-5-15-8-10-17(11-9-15)23-21(26)19(29-22(23)27)13-16-6-4-7-18(12-16)28-14-20(24)25/h4,6-13H,2-3,5,14H2,1H3,(H,24,25)/b19-13+.